The predicted molar refractivity (Wildman–Crippen MR) is 87.2 cm³/mol. The lowest BCUT2D eigenvalue weighted by molar-refractivity contribution is 0.841. The van der Waals surface area contributed by atoms with Gasteiger partial charge in [-0.15, -0.1) is 0 Å². The zero-order chi connectivity index (χ0) is 15.1. The van der Waals surface area contributed by atoms with Crippen molar-refractivity contribution in [2.75, 3.05) is 5.33 Å². The summed E-state index contributed by atoms with van der Waals surface area (Å²) in [5.41, 5.74) is 0.759. The fraction of sp³-hybridized carbons (Fsp3) is 0.250. The van der Waals surface area contributed by atoms with Crippen LogP contribution in [0.15, 0.2) is 46.1 Å². The number of rotatable bonds is 4. The van der Waals surface area contributed by atoms with Crippen LogP contribution in [0.2, 0.25) is 0 Å². The Labute approximate surface area is 131 Å². The molecule has 0 saturated heterocycles. The second kappa shape index (κ2) is 7.65. The van der Waals surface area contributed by atoms with Crippen molar-refractivity contribution < 1.29 is 0 Å². The molecule has 0 saturated carbocycles. The van der Waals surface area contributed by atoms with E-state index in [4.69, 9.17) is 0 Å². The lowest BCUT2D eigenvalue weighted by atomic mass is 10.2. The first kappa shape index (κ1) is 15.3. The Morgan fingerprint density at radius 2 is 1.86 bits per heavy atom. The third-order valence-corrected chi connectivity index (χ3v) is 3.45. The number of alkyl halides is 1. The second-order valence-electron chi connectivity index (χ2n) is 4.47. The SMILES string of the molecule is O=c1ccn(-c2ccc(C#CCCCCBr)cc2)c(=O)[nH]1. The van der Waals surface area contributed by atoms with Gasteiger partial charge >= 0.3 is 5.69 Å². The number of H-pyrrole nitrogens is 1. The summed E-state index contributed by atoms with van der Waals surface area (Å²) < 4.78 is 1.38. The number of benzene rings is 1. The van der Waals surface area contributed by atoms with Gasteiger partial charge in [-0.05, 0) is 37.1 Å². The predicted octanol–water partition coefficient (Wildman–Crippen LogP) is 2.44. The summed E-state index contributed by atoms with van der Waals surface area (Å²) in [5.74, 6) is 6.22. The van der Waals surface area contributed by atoms with Crippen LogP contribution < -0.4 is 11.2 Å². The molecule has 0 amide bonds. The van der Waals surface area contributed by atoms with Crippen molar-refractivity contribution >= 4 is 15.9 Å². The van der Waals surface area contributed by atoms with E-state index in [1.54, 1.807) is 0 Å². The molecule has 0 unspecified atom stereocenters. The first-order valence-electron chi connectivity index (χ1n) is 6.68. The van der Waals surface area contributed by atoms with Crippen molar-refractivity contribution in [2.24, 2.45) is 0 Å². The summed E-state index contributed by atoms with van der Waals surface area (Å²) in [4.78, 5) is 24.9. The van der Waals surface area contributed by atoms with Crippen molar-refractivity contribution in [2.45, 2.75) is 19.3 Å². The Bertz CT molecular complexity index is 764. The molecule has 0 aliphatic carbocycles. The normalized spacial score (nSPS) is 9.95. The summed E-state index contributed by atoms with van der Waals surface area (Å²) in [6.07, 6.45) is 4.56. The number of hydrogen-bond acceptors (Lipinski definition) is 2. The molecule has 2 aromatic rings. The molecule has 0 aliphatic heterocycles. The van der Waals surface area contributed by atoms with Gasteiger partial charge in [-0.25, -0.2) is 4.79 Å². The van der Waals surface area contributed by atoms with Crippen LogP contribution in [0.4, 0.5) is 0 Å². The maximum absolute atomic E-state index is 11.7. The topological polar surface area (TPSA) is 54.9 Å². The maximum Gasteiger partial charge on any atom is 0.332 e. The molecule has 108 valence electrons. The molecule has 1 N–H and O–H groups in total. The molecule has 2 rings (SSSR count). The molecular weight excluding hydrogens is 332 g/mol. The molecule has 0 fully saturated rings. The van der Waals surface area contributed by atoms with E-state index in [0.717, 1.165) is 30.2 Å². The van der Waals surface area contributed by atoms with E-state index in [9.17, 15) is 9.59 Å². The number of hydrogen-bond donors (Lipinski definition) is 1. The third kappa shape index (κ3) is 4.47. The summed E-state index contributed by atoms with van der Waals surface area (Å²) in [5, 5.41) is 1.01. The highest BCUT2D eigenvalue weighted by molar-refractivity contribution is 9.09. The number of nitrogens with zero attached hydrogens (tertiary/aromatic N) is 1. The molecule has 0 bridgehead atoms. The van der Waals surface area contributed by atoms with Gasteiger partial charge in [0.05, 0.1) is 5.69 Å². The summed E-state index contributed by atoms with van der Waals surface area (Å²) in [6.45, 7) is 0. The molecule has 1 heterocycles. The smallest absolute Gasteiger partial charge is 0.274 e. The quantitative estimate of drug-likeness (QED) is 0.525. The summed E-state index contributed by atoms with van der Waals surface area (Å²) >= 11 is 3.39. The highest BCUT2D eigenvalue weighted by atomic mass is 79.9. The summed E-state index contributed by atoms with van der Waals surface area (Å²) in [6, 6.07) is 8.66. The van der Waals surface area contributed by atoms with Gasteiger partial charge in [0.2, 0.25) is 0 Å². The molecule has 0 radical (unpaired) electrons. The lowest BCUT2D eigenvalue weighted by Gasteiger charge is -2.03. The Balaban J connectivity index is 2.12. The number of nitrogens with one attached hydrogen (secondary N) is 1. The Morgan fingerprint density at radius 3 is 2.52 bits per heavy atom. The fourth-order valence-corrected chi connectivity index (χ4v) is 2.19. The minimum absolute atomic E-state index is 0.401. The molecule has 0 spiro atoms. The van der Waals surface area contributed by atoms with Crippen LogP contribution in [-0.4, -0.2) is 14.9 Å². The molecule has 21 heavy (non-hydrogen) atoms. The average Bonchev–Trinajstić information content (AvgIpc) is 2.48. The largest absolute Gasteiger partial charge is 0.332 e. The van der Waals surface area contributed by atoms with Crippen LogP contribution in [0.5, 0.6) is 0 Å². The van der Waals surface area contributed by atoms with Gasteiger partial charge in [0.15, 0.2) is 0 Å². The van der Waals surface area contributed by atoms with Gasteiger partial charge in [-0.3, -0.25) is 14.3 Å². The van der Waals surface area contributed by atoms with Gasteiger partial charge < -0.3 is 0 Å². The molecule has 1 aromatic carbocycles. The first-order valence-corrected chi connectivity index (χ1v) is 7.80. The number of aromatic amines is 1. The zero-order valence-corrected chi connectivity index (χ0v) is 13.0. The van der Waals surface area contributed by atoms with Gasteiger partial charge in [-0.2, -0.15) is 0 Å². The van der Waals surface area contributed by atoms with E-state index in [2.05, 4.69) is 32.8 Å². The standard InChI is InChI=1S/C16H15BrN2O2/c17-11-4-2-1-3-5-13-6-8-14(9-7-13)19-12-10-15(20)18-16(19)21/h6-10,12H,1-2,4,11H2,(H,18,20,21). The lowest BCUT2D eigenvalue weighted by Crippen LogP contribution is -2.27. The third-order valence-electron chi connectivity index (χ3n) is 2.89. The van der Waals surface area contributed by atoms with Gasteiger partial charge in [0, 0.05) is 29.6 Å². The highest BCUT2D eigenvalue weighted by Gasteiger charge is 1.99. The van der Waals surface area contributed by atoms with E-state index < -0.39 is 11.2 Å². The molecule has 5 heteroatoms. The number of aromatic nitrogens is 2. The minimum Gasteiger partial charge on any atom is -0.274 e. The van der Waals surface area contributed by atoms with Crippen LogP contribution in [0.25, 0.3) is 5.69 Å². The fourth-order valence-electron chi connectivity index (χ4n) is 1.80. The van der Waals surface area contributed by atoms with Crippen LogP contribution in [0.3, 0.4) is 0 Å². The average molecular weight is 347 g/mol. The van der Waals surface area contributed by atoms with Crippen molar-refractivity contribution in [1.29, 1.82) is 0 Å². The van der Waals surface area contributed by atoms with Crippen LogP contribution >= 0.6 is 15.9 Å². The zero-order valence-electron chi connectivity index (χ0n) is 11.4. The van der Waals surface area contributed by atoms with Crippen molar-refractivity contribution in [3.63, 3.8) is 0 Å². The Kier molecular flexibility index (Phi) is 5.59. The highest BCUT2D eigenvalue weighted by Crippen LogP contribution is 2.06. The van der Waals surface area contributed by atoms with E-state index in [-0.39, 0.29) is 0 Å². The van der Waals surface area contributed by atoms with Crippen LogP contribution in [-0.2, 0) is 0 Å². The minimum atomic E-state index is -0.448. The summed E-state index contributed by atoms with van der Waals surface area (Å²) in [7, 11) is 0. The number of halogens is 1. The van der Waals surface area contributed by atoms with E-state index in [1.807, 2.05) is 24.3 Å². The van der Waals surface area contributed by atoms with Crippen LogP contribution in [0.1, 0.15) is 24.8 Å². The van der Waals surface area contributed by atoms with Crippen molar-refractivity contribution in [1.82, 2.24) is 9.55 Å². The molecule has 1 aromatic heterocycles. The monoisotopic (exact) mass is 346 g/mol. The molecule has 0 atom stereocenters. The second-order valence-corrected chi connectivity index (χ2v) is 5.27. The molecule has 4 nitrogen and oxygen atoms in total. The van der Waals surface area contributed by atoms with E-state index in [1.165, 1.54) is 16.8 Å². The first-order chi connectivity index (χ1) is 10.2. The van der Waals surface area contributed by atoms with Crippen molar-refractivity contribution in [3.8, 4) is 17.5 Å². The number of unbranched alkanes of at least 4 members (excludes halogenated alkanes) is 2. The van der Waals surface area contributed by atoms with Gasteiger partial charge in [0.25, 0.3) is 5.56 Å². The molecular formula is C16H15BrN2O2. The maximum atomic E-state index is 11.7. The van der Waals surface area contributed by atoms with E-state index >= 15 is 0 Å². The Morgan fingerprint density at radius 1 is 1.10 bits per heavy atom. The Hall–Kier alpha value is -2.06. The van der Waals surface area contributed by atoms with Crippen LogP contribution in [0, 0.1) is 11.8 Å². The molecule has 0 aliphatic rings. The van der Waals surface area contributed by atoms with Gasteiger partial charge in [0.1, 0.15) is 0 Å². The van der Waals surface area contributed by atoms with Gasteiger partial charge in [-0.1, -0.05) is 27.8 Å². The van der Waals surface area contributed by atoms with E-state index in [0.29, 0.717) is 5.69 Å². The van der Waals surface area contributed by atoms with Crippen molar-refractivity contribution in [3.05, 3.63) is 62.9 Å².